The van der Waals surface area contributed by atoms with Crippen LogP contribution in [0.15, 0.2) is 4.42 Å². The van der Waals surface area contributed by atoms with Crippen LogP contribution in [0.2, 0.25) is 0 Å². The number of thioether (sulfide) groups is 1. The maximum atomic E-state index is 10.5. The van der Waals surface area contributed by atoms with Gasteiger partial charge in [-0.25, -0.2) is 4.79 Å². The van der Waals surface area contributed by atoms with Crippen molar-refractivity contribution in [3.8, 4) is 0 Å². The fourth-order valence-corrected chi connectivity index (χ4v) is 2.61. The SMILES string of the molecule is O=C(O)c1nnc(C2CCCCS2)o1. The maximum absolute atomic E-state index is 10.5. The molecule has 5 nitrogen and oxygen atoms in total. The third-order valence-corrected chi connectivity index (χ3v) is 3.44. The Morgan fingerprint density at radius 2 is 2.36 bits per heavy atom. The molecule has 1 fully saturated rings. The molecule has 1 N–H and O–H groups in total. The van der Waals surface area contributed by atoms with Gasteiger partial charge in [0.2, 0.25) is 5.89 Å². The summed E-state index contributed by atoms with van der Waals surface area (Å²) in [7, 11) is 0. The van der Waals surface area contributed by atoms with Crippen LogP contribution in [-0.4, -0.2) is 27.0 Å². The monoisotopic (exact) mass is 214 g/mol. The van der Waals surface area contributed by atoms with Crippen molar-refractivity contribution in [1.29, 1.82) is 0 Å². The first kappa shape index (κ1) is 9.51. The summed E-state index contributed by atoms with van der Waals surface area (Å²) in [5, 5.41) is 16.0. The third kappa shape index (κ3) is 1.89. The van der Waals surface area contributed by atoms with Crippen LogP contribution < -0.4 is 0 Å². The summed E-state index contributed by atoms with van der Waals surface area (Å²) < 4.78 is 5.04. The molecule has 14 heavy (non-hydrogen) atoms. The van der Waals surface area contributed by atoms with Crippen molar-refractivity contribution in [3.05, 3.63) is 11.8 Å². The van der Waals surface area contributed by atoms with Gasteiger partial charge >= 0.3 is 11.9 Å². The lowest BCUT2D eigenvalue weighted by atomic mass is 10.2. The molecule has 1 aromatic heterocycles. The highest BCUT2D eigenvalue weighted by Gasteiger charge is 2.23. The quantitative estimate of drug-likeness (QED) is 0.807. The van der Waals surface area contributed by atoms with Crippen molar-refractivity contribution in [2.45, 2.75) is 24.5 Å². The van der Waals surface area contributed by atoms with Crippen molar-refractivity contribution >= 4 is 17.7 Å². The van der Waals surface area contributed by atoms with E-state index >= 15 is 0 Å². The lowest BCUT2D eigenvalue weighted by Crippen LogP contribution is -2.02. The first-order chi connectivity index (χ1) is 6.77. The highest BCUT2D eigenvalue weighted by molar-refractivity contribution is 7.99. The summed E-state index contributed by atoms with van der Waals surface area (Å²) in [6.07, 6.45) is 3.34. The topological polar surface area (TPSA) is 76.2 Å². The lowest BCUT2D eigenvalue weighted by Gasteiger charge is -2.16. The molecule has 2 rings (SSSR count). The fourth-order valence-electron chi connectivity index (χ4n) is 1.39. The van der Waals surface area contributed by atoms with Gasteiger partial charge in [-0.05, 0) is 18.6 Å². The molecule has 76 valence electrons. The molecule has 0 saturated carbocycles. The maximum Gasteiger partial charge on any atom is 0.393 e. The molecular formula is C8H10N2O3S. The first-order valence-corrected chi connectivity index (χ1v) is 5.50. The van der Waals surface area contributed by atoms with Gasteiger partial charge in [-0.15, -0.1) is 22.0 Å². The molecule has 1 aromatic rings. The van der Waals surface area contributed by atoms with Gasteiger partial charge in [-0.3, -0.25) is 0 Å². The van der Waals surface area contributed by atoms with Crippen LogP contribution in [0.4, 0.5) is 0 Å². The molecule has 1 atom stereocenters. The number of hydrogen-bond acceptors (Lipinski definition) is 5. The summed E-state index contributed by atoms with van der Waals surface area (Å²) >= 11 is 1.75. The molecule has 2 heterocycles. The van der Waals surface area contributed by atoms with Crippen molar-refractivity contribution in [2.24, 2.45) is 0 Å². The second-order valence-corrected chi connectivity index (χ2v) is 4.42. The Kier molecular flexibility index (Phi) is 2.72. The van der Waals surface area contributed by atoms with Crippen LogP contribution in [-0.2, 0) is 0 Å². The van der Waals surface area contributed by atoms with Crippen LogP contribution in [0.5, 0.6) is 0 Å². The van der Waals surface area contributed by atoms with Gasteiger partial charge in [0.05, 0.1) is 5.25 Å². The van der Waals surface area contributed by atoms with E-state index in [-0.39, 0.29) is 11.1 Å². The average Bonchev–Trinajstić information content (AvgIpc) is 2.68. The number of carboxylic acids is 1. The molecule has 6 heteroatoms. The normalized spacial score (nSPS) is 22.1. The van der Waals surface area contributed by atoms with E-state index in [4.69, 9.17) is 9.52 Å². The molecule has 1 aliphatic heterocycles. The molecule has 0 aliphatic carbocycles. The van der Waals surface area contributed by atoms with E-state index in [0.29, 0.717) is 5.89 Å². The summed E-state index contributed by atoms with van der Waals surface area (Å²) in [6, 6.07) is 0. The lowest BCUT2D eigenvalue weighted by molar-refractivity contribution is 0.0651. The molecule has 0 amide bonds. The van der Waals surface area contributed by atoms with Crippen molar-refractivity contribution in [2.75, 3.05) is 5.75 Å². The minimum absolute atomic E-state index is 0.185. The molecular weight excluding hydrogens is 204 g/mol. The van der Waals surface area contributed by atoms with Gasteiger partial charge in [-0.1, -0.05) is 6.42 Å². The van der Waals surface area contributed by atoms with Gasteiger partial charge in [0.25, 0.3) is 0 Å². The smallest absolute Gasteiger partial charge is 0.393 e. The number of hydrogen-bond donors (Lipinski definition) is 1. The van der Waals surface area contributed by atoms with Gasteiger partial charge in [-0.2, -0.15) is 0 Å². The fraction of sp³-hybridized carbons (Fsp3) is 0.625. The third-order valence-electron chi connectivity index (χ3n) is 2.08. The Hall–Kier alpha value is -1.04. The number of rotatable bonds is 2. The Labute approximate surface area is 84.9 Å². The predicted octanol–water partition coefficient (Wildman–Crippen LogP) is 1.73. The van der Waals surface area contributed by atoms with Gasteiger partial charge in [0, 0.05) is 0 Å². The Morgan fingerprint density at radius 1 is 1.50 bits per heavy atom. The number of aromatic nitrogens is 2. The zero-order valence-electron chi connectivity index (χ0n) is 7.47. The van der Waals surface area contributed by atoms with Crippen LogP contribution >= 0.6 is 11.8 Å². The number of aromatic carboxylic acids is 1. The number of carboxylic acid groups (broad SMARTS) is 1. The molecule has 0 bridgehead atoms. The number of nitrogens with zero attached hydrogens (tertiary/aromatic N) is 2. The summed E-state index contributed by atoms with van der Waals surface area (Å²) in [4.78, 5) is 10.5. The van der Waals surface area contributed by atoms with Crippen LogP contribution in [0, 0.1) is 0 Å². The zero-order chi connectivity index (χ0) is 9.97. The Morgan fingerprint density at radius 3 is 2.93 bits per heavy atom. The van der Waals surface area contributed by atoms with E-state index in [2.05, 4.69) is 10.2 Å². The molecule has 1 unspecified atom stereocenters. The van der Waals surface area contributed by atoms with E-state index in [1.54, 1.807) is 11.8 Å². The van der Waals surface area contributed by atoms with Gasteiger partial charge in [0.1, 0.15) is 0 Å². The average molecular weight is 214 g/mol. The molecule has 0 aromatic carbocycles. The van der Waals surface area contributed by atoms with Crippen LogP contribution in [0.3, 0.4) is 0 Å². The van der Waals surface area contributed by atoms with Crippen LogP contribution in [0.1, 0.15) is 41.1 Å². The van der Waals surface area contributed by atoms with E-state index in [0.717, 1.165) is 18.6 Å². The molecule has 0 spiro atoms. The first-order valence-electron chi connectivity index (χ1n) is 4.45. The van der Waals surface area contributed by atoms with E-state index in [1.807, 2.05) is 0 Å². The van der Waals surface area contributed by atoms with Crippen molar-refractivity contribution < 1.29 is 14.3 Å². The highest BCUT2D eigenvalue weighted by Crippen LogP contribution is 2.37. The summed E-state index contributed by atoms with van der Waals surface area (Å²) in [6.45, 7) is 0. The minimum atomic E-state index is -1.16. The van der Waals surface area contributed by atoms with Crippen molar-refractivity contribution in [3.63, 3.8) is 0 Å². The Bertz CT molecular complexity index is 333. The molecule has 1 saturated heterocycles. The van der Waals surface area contributed by atoms with E-state index in [1.165, 1.54) is 6.42 Å². The van der Waals surface area contributed by atoms with Gasteiger partial charge in [0.15, 0.2) is 0 Å². The Balaban J connectivity index is 2.11. The second kappa shape index (κ2) is 4.00. The standard InChI is InChI=1S/C8H10N2O3S/c11-8(12)7-10-9-6(13-7)5-3-1-2-4-14-5/h5H,1-4H2,(H,11,12). The molecule has 0 radical (unpaired) electrons. The van der Waals surface area contributed by atoms with Crippen LogP contribution in [0.25, 0.3) is 0 Å². The summed E-state index contributed by atoms with van der Waals surface area (Å²) in [5.74, 6) is 0.0537. The minimum Gasteiger partial charge on any atom is -0.474 e. The molecule has 1 aliphatic rings. The summed E-state index contributed by atoms with van der Waals surface area (Å²) in [5.41, 5.74) is 0. The second-order valence-electron chi connectivity index (χ2n) is 3.11. The van der Waals surface area contributed by atoms with Crippen molar-refractivity contribution in [1.82, 2.24) is 10.2 Å². The number of carbonyl (C=O) groups is 1. The highest BCUT2D eigenvalue weighted by atomic mass is 32.2. The van der Waals surface area contributed by atoms with E-state index < -0.39 is 5.97 Å². The largest absolute Gasteiger partial charge is 0.474 e. The zero-order valence-corrected chi connectivity index (χ0v) is 8.29. The predicted molar refractivity (Wildman–Crippen MR) is 50.3 cm³/mol. The van der Waals surface area contributed by atoms with E-state index in [9.17, 15) is 4.79 Å². The van der Waals surface area contributed by atoms with Gasteiger partial charge < -0.3 is 9.52 Å².